The number of carbonyl (C=O) groups is 1. The molecule has 1 saturated heterocycles. The maximum Gasteiger partial charge on any atom is 0.416 e. The van der Waals surface area contributed by atoms with Gasteiger partial charge in [-0.05, 0) is 30.3 Å². The fourth-order valence-electron chi connectivity index (χ4n) is 3.48. The van der Waals surface area contributed by atoms with Gasteiger partial charge in [0, 0.05) is 44.8 Å². The van der Waals surface area contributed by atoms with Crippen LogP contribution in [0.2, 0.25) is 0 Å². The van der Waals surface area contributed by atoms with Crippen molar-refractivity contribution in [1.82, 2.24) is 4.90 Å². The number of halogens is 3. The van der Waals surface area contributed by atoms with Crippen LogP contribution in [0.1, 0.15) is 22.3 Å². The van der Waals surface area contributed by atoms with E-state index in [1.165, 1.54) is 6.07 Å². The predicted octanol–water partition coefficient (Wildman–Crippen LogP) is 3.42. The zero-order valence-electron chi connectivity index (χ0n) is 16.3. The fraction of sp³-hybridized carbons (Fsp3) is 0.350. The van der Waals surface area contributed by atoms with E-state index in [9.17, 15) is 38.3 Å². The van der Waals surface area contributed by atoms with Crippen molar-refractivity contribution < 1.29 is 33.1 Å². The molecule has 0 unspecified atom stereocenters. The lowest BCUT2D eigenvalue weighted by Gasteiger charge is -2.36. The van der Waals surface area contributed by atoms with Crippen LogP contribution in [-0.4, -0.2) is 58.5 Å². The third-order valence-electron chi connectivity index (χ3n) is 5.18. The van der Waals surface area contributed by atoms with Crippen LogP contribution < -0.4 is 4.90 Å². The van der Waals surface area contributed by atoms with Gasteiger partial charge < -0.3 is 15.1 Å². The van der Waals surface area contributed by atoms with Crippen molar-refractivity contribution in [3.8, 4) is 11.5 Å². The van der Waals surface area contributed by atoms with Crippen molar-refractivity contribution in [3.05, 3.63) is 57.6 Å². The van der Waals surface area contributed by atoms with Gasteiger partial charge in [-0.2, -0.15) is 13.2 Å². The lowest BCUT2D eigenvalue weighted by molar-refractivity contribution is -0.386. The first-order valence-corrected chi connectivity index (χ1v) is 9.45. The molecule has 0 amide bonds. The summed E-state index contributed by atoms with van der Waals surface area (Å²) in [6.45, 7) is 2.25. The number of nitrogens with zero attached hydrogens (tertiary/aromatic N) is 3. The number of hydrogen-bond acceptors (Lipinski definition) is 7. The van der Waals surface area contributed by atoms with Gasteiger partial charge in [0.05, 0.1) is 16.1 Å². The first-order chi connectivity index (χ1) is 14.6. The molecule has 1 aliphatic heterocycles. The number of alkyl halides is 3. The summed E-state index contributed by atoms with van der Waals surface area (Å²) in [7, 11) is 0. The molecule has 0 aromatic heterocycles. The summed E-state index contributed by atoms with van der Waals surface area (Å²) in [6.07, 6.45) is -4.46. The van der Waals surface area contributed by atoms with Gasteiger partial charge in [-0.3, -0.25) is 19.8 Å². The number of hydrogen-bond donors (Lipinski definition) is 2. The number of nitro groups is 1. The van der Waals surface area contributed by atoms with Gasteiger partial charge in [-0.15, -0.1) is 0 Å². The van der Waals surface area contributed by atoms with Gasteiger partial charge in [0.2, 0.25) is 5.75 Å². The molecule has 166 valence electrons. The highest BCUT2D eigenvalue weighted by Gasteiger charge is 2.31. The molecule has 1 fully saturated rings. The second kappa shape index (κ2) is 8.80. The number of phenols is 2. The van der Waals surface area contributed by atoms with E-state index in [1.54, 1.807) is 6.07 Å². The molecule has 31 heavy (non-hydrogen) atoms. The van der Waals surface area contributed by atoms with E-state index in [0.29, 0.717) is 38.4 Å². The van der Waals surface area contributed by atoms with Crippen LogP contribution in [-0.2, 0) is 6.18 Å². The zero-order valence-corrected chi connectivity index (χ0v) is 16.3. The van der Waals surface area contributed by atoms with E-state index in [1.807, 2.05) is 9.80 Å². The van der Waals surface area contributed by atoms with Gasteiger partial charge in [0.1, 0.15) is 0 Å². The van der Waals surface area contributed by atoms with Gasteiger partial charge in [0.15, 0.2) is 11.5 Å². The first kappa shape index (κ1) is 22.3. The van der Waals surface area contributed by atoms with Crippen LogP contribution in [0.3, 0.4) is 0 Å². The SMILES string of the molecule is O=C(CCN1CCN(c2cccc(C(F)(F)F)c2)CC1)c1ccc(O)c(O)c1[N+](=O)[O-]. The molecule has 0 radical (unpaired) electrons. The summed E-state index contributed by atoms with van der Waals surface area (Å²) < 4.78 is 38.7. The summed E-state index contributed by atoms with van der Waals surface area (Å²) in [6, 6.07) is 7.22. The van der Waals surface area contributed by atoms with Crippen LogP contribution in [0.5, 0.6) is 11.5 Å². The zero-order chi connectivity index (χ0) is 22.8. The van der Waals surface area contributed by atoms with E-state index < -0.39 is 39.6 Å². The Labute approximate surface area is 175 Å². The Morgan fingerprint density at radius 2 is 1.77 bits per heavy atom. The number of piperazine rings is 1. The third kappa shape index (κ3) is 5.05. The quantitative estimate of drug-likeness (QED) is 0.307. The minimum atomic E-state index is -4.41. The van der Waals surface area contributed by atoms with Crippen molar-refractivity contribution in [2.45, 2.75) is 12.6 Å². The number of carbonyl (C=O) groups excluding carboxylic acids is 1. The summed E-state index contributed by atoms with van der Waals surface area (Å²) in [5.74, 6) is -2.19. The maximum absolute atomic E-state index is 12.9. The molecule has 3 rings (SSSR count). The van der Waals surface area contributed by atoms with Crippen molar-refractivity contribution in [2.24, 2.45) is 0 Å². The average molecular weight is 439 g/mol. The van der Waals surface area contributed by atoms with E-state index in [-0.39, 0.29) is 12.0 Å². The number of anilines is 1. The van der Waals surface area contributed by atoms with Crippen LogP contribution in [0, 0.1) is 10.1 Å². The molecule has 2 aromatic carbocycles. The molecule has 11 heteroatoms. The summed E-state index contributed by atoms with van der Waals surface area (Å²) in [5.41, 5.74) is -1.36. The standard InChI is InChI=1S/C20H20F3N3O5/c21-20(22,23)13-2-1-3-14(12-13)25-10-8-24(9-11-25)7-6-16(27)15-4-5-17(28)19(29)18(15)26(30)31/h1-5,12,28-29H,6-11H2. The molecule has 0 atom stereocenters. The van der Waals surface area contributed by atoms with Gasteiger partial charge in [-0.25, -0.2) is 0 Å². The predicted molar refractivity (Wildman–Crippen MR) is 105 cm³/mol. The Morgan fingerprint density at radius 1 is 1.10 bits per heavy atom. The normalized spacial score (nSPS) is 15.1. The average Bonchev–Trinajstić information content (AvgIpc) is 2.73. The number of phenolic OH excluding ortho intramolecular Hbond substituents is 2. The Kier molecular flexibility index (Phi) is 6.34. The van der Waals surface area contributed by atoms with Crippen LogP contribution in [0.4, 0.5) is 24.5 Å². The topological polar surface area (TPSA) is 107 Å². The molecule has 2 N–H and O–H groups in total. The highest BCUT2D eigenvalue weighted by atomic mass is 19.4. The van der Waals surface area contributed by atoms with Crippen LogP contribution in [0.25, 0.3) is 0 Å². The number of ketones is 1. The summed E-state index contributed by atoms with van der Waals surface area (Å²) >= 11 is 0. The number of rotatable bonds is 6. The monoisotopic (exact) mass is 439 g/mol. The first-order valence-electron chi connectivity index (χ1n) is 9.45. The molecule has 0 saturated carbocycles. The smallest absolute Gasteiger partial charge is 0.416 e. The number of Topliss-reactive ketones (excluding diaryl/α,β-unsaturated/α-hetero) is 1. The van der Waals surface area contributed by atoms with E-state index >= 15 is 0 Å². The lowest BCUT2D eigenvalue weighted by atomic mass is 10.0. The summed E-state index contributed by atoms with van der Waals surface area (Å²) in [5, 5.41) is 30.3. The third-order valence-corrected chi connectivity index (χ3v) is 5.18. The fourth-order valence-corrected chi connectivity index (χ4v) is 3.48. The molecular weight excluding hydrogens is 419 g/mol. The largest absolute Gasteiger partial charge is 0.504 e. The van der Waals surface area contributed by atoms with Crippen LogP contribution in [0.15, 0.2) is 36.4 Å². The minimum absolute atomic E-state index is 0.0470. The second-order valence-electron chi connectivity index (χ2n) is 7.14. The van der Waals surface area contributed by atoms with Gasteiger partial charge >= 0.3 is 11.9 Å². The number of nitro benzene ring substituents is 1. The molecule has 0 aliphatic carbocycles. The molecule has 1 aliphatic rings. The summed E-state index contributed by atoms with van der Waals surface area (Å²) in [4.78, 5) is 26.5. The van der Waals surface area contributed by atoms with E-state index in [0.717, 1.165) is 24.3 Å². The highest BCUT2D eigenvalue weighted by Crippen LogP contribution is 2.38. The van der Waals surface area contributed by atoms with Gasteiger partial charge in [-0.1, -0.05) is 6.07 Å². The van der Waals surface area contributed by atoms with Crippen molar-refractivity contribution in [2.75, 3.05) is 37.6 Å². The Morgan fingerprint density at radius 3 is 2.39 bits per heavy atom. The Balaban J connectivity index is 1.59. The highest BCUT2D eigenvalue weighted by molar-refractivity contribution is 6.01. The lowest BCUT2D eigenvalue weighted by Crippen LogP contribution is -2.47. The van der Waals surface area contributed by atoms with Gasteiger partial charge in [0.25, 0.3) is 0 Å². The van der Waals surface area contributed by atoms with Crippen molar-refractivity contribution in [3.63, 3.8) is 0 Å². The van der Waals surface area contributed by atoms with E-state index in [2.05, 4.69) is 0 Å². The van der Waals surface area contributed by atoms with Crippen molar-refractivity contribution >= 4 is 17.2 Å². The molecule has 2 aromatic rings. The van der Waals surface area contributed by atoms with Crippen LogP contribution >= 0.6 is 0 Å². The second-order valence-corrected chi connectivity index (χ2v) is 7.14. The Bertz CT molecular complexity index is 989. The minimum Gasteiger partial charge on any atom is -0.504 e. The molecule has 8 nitrogen and oxygen atoms in total. The number of aromatic hydroxyl groups is 2. The molecule has 0 bridgehead atoms. The number of benzene rings is 2. The van der Waals surface area contributed by atoms with Crippen molar-refractivity contribution in [1.29, 1.82) is 0 Å². The Hall–Kier alpha value is -3.34. The molecular formula is C20H20F3N3O5. The molecule has 0 spiro atoms. The molecule has 1 heterocycles. The van der Waals surface area contributed by atoms with E-state index in [4.69, 9.17) is 0 Å². The maximum atomic E-state index is 12.9.